The summed E-state index contributed by atoms with van der Waals surface area (Å²) in [5.74, 6) is 0.624. The van der Waals surface area contributed by atoms with E-state index in [9.17, 15) is 4.79 Å². The molecule has 1 amide bonds. The van der Waals surface area contributed by atoms with Crippen molar-refractivity contribution in [1.82, 2.24) is 9.88 Å². The zero-order valence-corrected chi connectivity index (χ0v) is 13.1. The predicted octanol–water partition coefficient (Wildman–Crippen LogP) is 3.43. The Balaban J connectivity index is 2.21. The maximum atomic E-state index is 12.6. The SMILES string of the molecule is CCNc1ccc(Cl)c(C(=O)N2CCCC(C)(C)C2)n1. The zero-order valence-electron chi connectivity index (χ0n) is 12.4. The molecule has 5 heteroatoms. The fourth-order valence-corrected chi connectivity index (χ4v) is 2.80. The zero-order chi connectivity index (χ0) is 14.8. The number of nitrogens with one attached hydrogen (secondary N) is 1. The highest BCUT2D eigenvalue weighted by atomic mass is 35.5. The van der Waals surface area contributed by atoms with E-state index in [-0.39, 0.29) is 11.3 Å². The van der Waals surface area contributed by atoms with Crippen LogP contribution in [0.2, 0.25) is 5.02 Å². The van der Waals surface area contributed by atoms with Gasteiger partial charge in [0.25, 0.3) is 5.91 Å². The molecule has 1 aromatic rings. The highest BCUT2D eigenvalue weighted by Crippen LogP contribution is 2.30. The fourth-order valence-electron chi connectivity index (χ4n) is 2.62. The Morgan fingerprint density at radius 1 is 1.50 bits per heavy atom. The van der Waals surface area contributed by atoms with Crippen molar-refractivity contribution in [3.8, 4) is 0 Å². The molecule has 2 heterocycles. The minimum atomic E-state index is -0.0671. The molecule has 1 aliphatic rings. The van der Waals surface area contributed by atoms with Crippen LogP contribution >= 0.6 is 11.6 Å². The van der Waals surface area contributed by atoms with E-state index in [1.165, 1.54) is 0 Å². The number of rotatable bonds is 3. The number of likely N-dealkylation sites (tertiary alicyclic amines) is 1. The molecule has 0 spiro atoms. The molecule has 0 aromatic carbocycles. The minimum Gasteiger partial charge on any atom is -0.370 e. The molecular weight excluding hydrogens is 274 g/mol. The number of hydrogen-bond acceptors (Lipinski definition) is 3. The Morgan fingerprint density at radius 3 is 2.90 bits per heavy atom. The number of carbonyl (C=O) groups is 1. The molecule has 1 aromatic heterocycles. The second-order valence-electron chi connectivity index (χ2n) is 6.05. The average Bonchev–Trinajstić information content (AvgIpc) is 2.39. The van der Waals surface area contributed by atoms with Crippen molar-refractivity contribution in [3.63, 3.8) is 0 Å². The van der Waals surface area contributed by atoms with Crippen molar-refractivity contribution < 1.29 is 4.79 Å². The van der Waals surface area contributed by atoms with Gasteiger partial charge in [-0.1, -0.05) is 25.4 Å². The van der Waals surface area contributed by atoms with Gasteiger partial charge in [0, 0.05) is 19.6 Å². The van der Waals surface area contributed by atoms with Gasteiger partial charge >= 0.3 is 0 Å². The van der Waals surface area contributed by atoms with Gasteiger partial charge in [0.15, 0.2) is 0 Å². The topological polar surface area (TPSA) is 45.2 Å². The molecule has 0 bridgehead atoms. The van der Waals surface area contributed by atoms with E-state index in [0.29, 0.717) is 16.5 Å². The van der Waals surface area contributed by atoms with Gasteiger partial charge in [0.1, 0.15) is 11.5 Å². The molecule has 4 nitrogen and oxygen atoms in total. The third-order valence-electron chi connectivity index (χ3n) is 3.59. The number of halogens is 1. The quantitative estimate of drug-likeness (QED) is 0.929. The van der Waals surface area contributed by atoms with Crippen LogP contribution in [0.15, 0.2) is 12.1 Å². The monoisotopic (exact) mass is 295 g/mol. The van der Waals surface area contributed by atoms with Crippen molar-refractivity contribution in [1.29, 1.82) is 0 Å². The summed E-state index contributed by atoms with van der Waals surface area (Å²) < 4.78 is 0. The molecule has 0 radical (unpaired) electrons. The van der Waals surface area contributed by atoms with Crippen LogP contribution in [0.5, 0.6) is 0 Å². The van der Waals surface area contributed by atoms with E-state index in [2.05, 4.69) is 24.1 Å². The molecule has 2 rings (SSSR count). The van der Waals surface area contributed by atoms with Gasteiger partial charge in [0.2, 0.25) is 0 Å². The second kappa shape index (κ2) is 6.00. The molecule has 20 heavy (non-hydrogen) atoms. The first kappa shape index (κ1) is 15.1. The van der Waals surface area contributed by atoms with E-state index in [0.717, 1.165) is 32.5 Å². The number of nitrogens with zero attached hydrogens (tertiary/aromatic N) is 2. The molecule has 1 aliphatic heterocycles. The Bertz CT molecular complexity index is 502. The number of anilines is 1. The summed E-state index contributed by atoms with van der Waals surface area (Å²) in [6.45, 7) is 8.68. The molecule has 1 saturated heterocycles. The number of carbonyl (C=O) groups excluding carboxylic acids is 1. The molecule has 0 aliphatic carbocycles. The third-order valence-corrected chi connectivity index (χ3v) is 3.90. The van der Waals surface area contributed by atoms with Crippen molar-refractivity contribution >= 4 is 23.3 Å². The van der Waals surface area contributed by atoms with E-state index in [1.807, 2.05) is 11.8 Å². The summed E-state index contributed by atoms with van der Waals surface area (Å²) in [6.07, 6.45) is 2.18. The summed E-state index contributed by atoms with van der Waals surface area (Å²) in [7, 11) is 0. The van der Waals surface area contributed by atoms with Crippen LogP contribution < -0.4 is 5.32 Å². The number of aromatic nitrogens is 1. The number of pyridine rings is 1. The third kappa shape index (κ3) is 3.42. The lowest BCUT2D eigenvalue weighted by Crippen LogP contribution is -2.44. The van der Waals surface area contributed by atoms with Crippen molar-refractivity contribution in [2.75, 3.05) is 25.0 Å². The normalized spacial score (nSPS) is 17.9. The lowest BCUT2D eigenvalue weighted by molar-refractivity contribution is 0.0578. The molecule has 1 N–H and O–H groups in total. The highest BCUT2D eigenvalue weighted by Gasteiger charge is 2.31. The second-order valence-corrected chi connectivity index (χ2v) is 6.46. The molecule has 0 unspecified atom stereocenters. The molecule has 1 fully saturated rings. The lowest BCUT2D eigenvalue weighted by atomic mass is 9.84. The number of amides is 1. The Labute approximate surface area is 125 Å². The van der Waals surface area contributed by atoms with Crippen LogP contribution in [0.1, 0.15) is 44.1 Å². The summed E-state index contributed by atoms with van der Waals surface area (Å²) in [4.78, 5) is 18.8. The van der Waals surface area contributed by atoms with Gasteiger partial charge in [-0.2, -0.15) is 0 Å². The van der Waals surface area contributed by atoms with Crippen molar-refractivity contribution in [2.24, 2.45) is 5.41 Å². The van der Waals surface area contributed by atoms with Crippen molar-refractivity contribution in [3.05, 3.63) is 22.8 Å². The van der Waals surface area contributed by atoms with Crippen LogP contribution in [0.25, 0.3) is 0 Å². The van der Waals surface area contributed by atoms with Gasteiger partial charge < -0.3 is 10.2 Å². The first-order chi connectivity index (χ1) is 9.43. The van der Waals surface area contributed by atoms with E-state index < -0.39 is 0 Å². The van der Waals surface area contributed by atoms with E-state index >= 15 is 0 Å². The van der Waals surface area contributed by atoms with Gasteiger partial charge in [-0.3, -0.25) is 4.79 Å². The van der Waals surface area contributed by atoms with E-state index in [1.54, 1.807) is 12.1 Å². The molecule has 0 atom stereocenters. The molecule has 0 saturated carbocycles. The van der Waals surface area contributed by atoms with Crippen LogP contribution in [-0.2, 0) is 0 Å². The smallest absolute Gasteiger partial charge is 0.274 e. The van der Waals surface area contributed by atoms with Crippen LogP contribution in [-0.4, -0.2) is 35.4 Å². The summed E-state index contributed by atoms with van der Waals surface area (Å²) in [6, 6.07) is 3.53. The van der Waals surface area contributed by atoms with Gasteiger partial charge in [0.05, 0.1) is 5.02 Å². The number of hydrogen-bond donors (Lipinski definition) is 1. The van der Waals surface area contributed by atoms with Crippen LogP contribution in [0.4, 0.5) is 5.82 Å². The van der Waals surface area contributed by atoms with Crippen molar-refractivity contribution in [2.45, 2.75) is 33.6 Å². The molecular formula is C15H22ClN3O. The largest absolute Gasteiger partial charge is 0.370 e. The number of piperidine rings is 1. The predicted molar refractivity (Wildman–Crippen MR) is 82.3 cm³/mol. The fraction of sp³-hybridized carbons (Fsp3) is 0.600. The first-order valence-electron chi connectivity index (χ1n) is 7.12. The summed E-state index contributed by atoms with van der Waals surface area (Å²) >= 11 is 6.14. The Kier molecular flexibility index (Phi) is 4.53. The van der Waals surface area contributed by atoms with E-state index in [4.69, 9.17) is 11.6 Å². The standard InChI is InChI=1S/C15H22ClN3O/c1-4-17-12-7-6-11(16)13(18-12)14(20)19-9-5-8-15(2,3)10-19/h6-7H,4-5,8-10H2,1-3H3,(H,17,18). The van der Waals surface area contributed by atoms with Crippen LogP contribution in [0, 0.1) is 5.41 Å². The van der Waals surface area contributed by atoms with Gasteiger partial charge in [-0.05, 0) is 37.3 Å². The Morgan fingerprint density at radius 2 is 2.25 bits per heavy atom. The maximum Gasteiger partial charge on any atom is 0.274 e. The van der Waals surface area contributed by atoms with Crippen LogP contribution in [0.3, 0.4) is 0 Å². The lowest BCUT2D eigenvalue weighted by Gasteiger charge is -2.38. The Hall–Kier alpha value is -1.29. The maximum absolute atomic E-state index is 12.6. The summed E-state index contributed by atoms with van der Waals surface area (Å²) in [5.41, 5.74) is 0.516. The minimum absolute atomic E-state index is 0.0671. The van der Waals surface area contributed by atoms with Gasteiger partial charge in [-0.15, -0.1) is 0 Å². The molecule has 110 valence electrons. The first-order valence-corrected chi connectivity index (χ1v) is 7.50. The van der Waals surface area contributed by atoms with Gasteiger partial charge in [-0.25, -0.2) is 4.98 Å². The highest BCUT2D eigenvalue weighted by molar-refractivity contribution is 6.33. The summed E-state index contributed by atoms with van der Waals surface area (Å²) in [5, 5.41) is 3.53. The average molecular weight is 296 g/mol.